The van der Waals surface area contributed by atoms with Gasteiger partial charge in [-0.05, 0) is 19.4 Å². The lowest BCUT2D eigenvalue weighted by molar-refractivity contribution is 0.0996. The summed E-state index contributed by atoms with van der Waals surface area (Å²) in [6.07, 6.45) is 1.27. The van der Waals surface area contributed by atoms with Crippen LogP contribution in [0.4, 0.5) is 4.39 Å². The number of nitrogens with zero attached hydrogens (tertiary/aromatic N) is 1. The summed E-state index contributed by atoms with van der Waals surface area (Å²) in [6.45, 7) is 0.118. The van der Waals surface area contributed by atoms with Crippen LogP contribution in [0.2, 0.25) is 0 Å². The van der Waals surface area contributed by atoms with Crippen molar-refractivity contribution in [3.8, 4) is 0 Å². The summed E-state index contributed by atoms with van der Waals surface area (Å²) in [5.41, 5.74) is -0.542. The first-order valence-electron chi connectivity index (χ1n) is 4.72. The molecular weight excluding hydrogens is 145 g/mol. The van der Waals surface area contributed by atoms with E-state index < -0.39 is 18.3 Å². The van der Waals surface area contributed by atoms with Crippen LogP contribution in [-0.2, 0) is 0 Å². The molecule has 2 nitrogen and oxygen atoms in total. The highest BCUT2D eigenvalue weighted by Gasteiger charge is 2.47. The molecule has 0 aromatic carbocycles. The molecule has 0 radical (unpaired) electrons. The summed E-state index contributed by atoms with van der Waals surface area (Å²) in [6, 6.07) is 0. The second-order valence-electron chi connectivity index (χ2n) is 3.58. The van der Waals surface area contributed by atoms with Gasteiger partial charge in [-0.15, -0.1) is 0 Å². The van der Waals surface area contributed by atoms with Crippen LogP contribution < -0.4 is 0 Å². The zero-order chi connectivity index (χ0) is 8.77. The Kier molecular flexibility index (Phi) is 1.40. The van der Waals surface area contributed by atoms with E-state index >= 15 is 0 Å². The average Bonchev–Trinajstić information content (AvgIpc) is 2.42. The molecule has 2 heterocycles. The molecule has 2 aliphatic rings. The number of rotatable bonds is 1. The van der Waals surface area contributed by atoms with Crippen molar-refractivity contribution in [3.05, 3.63) is 0 Å². The number of aliphatic hydroxyl groups excluding tert-OH is 1. The van der Waals surface area contributed by atoms with Crippen molar-refractivity contribution >= 4 is 0 Å². The molecule has 2 aliphatic heterocycles. The second-order valence-corrected chi connectivity index (χ2v) is 3.58. The number of fused-ring (bicyclic) bond motifs is 1. The zero-order valence-electron chi connectivity index (χ0n) is 7.46. The SMILES string of the molecule is [2H][C@H](O)[C@@]12CCCN1C[C@H](F)C2. The van der Waals surface area contributed by atoms with E-state index in [2.05, 4.69) is 0 Å². The summed E-state index contributed by atoms with van der Waals surface area (Å²) in [4.78, 5) is 1.94. The fourth-order valence-electron chi connectivity index (χ4n) is 2.35. The molecule has 2 saturated heterocycles. The lowest BCUT2D eigenvalue weighted by Crippen LogP contribution is -2.41. The van der Waals surface area contributed by atoms with Gasteiger partial charge >= 0.3 is 0 Å². The molecule has 3 heteroatoms. The maximum absolute atomic E-state index is 13.0. The van der Waals surface area contributed by atoms with Gasteiger partial charge in [0.25, 0.3) is 0 Å². The van der Waals surface area contributed by atoms with Gasteiger partial charge in [-0.3, -0.25) is 4.90 Å². The van der Waals surface area contributed by atoms with Gasteiger partial charge in [0, 0.05) is 18.5 Å². The zero-order valence-corrected chi connectivity index (χ0v) is 6.46. The molecule has 64 valence electrons. The molecule has 0 spiro atoms. The molecule has 0 bridgehead atoms. The maximum Gasteiger partial charge on any atom is 0.115 e. The third kappa shape index (κ3) is 0.983. The summed E-state index contributed by atoms with van der Waals surface area (Å²) >= 11 is 0. The van der Waals surface area contributed by atoms with E-state index in [1.165, 1.54) is 0 Å². The van der Waals surface area contributed by atoms with Crippen LogP contribution >= 0.6 is 0 Å². The van der Waals surface area contributed by atoms with Gasteiger partial charge in [-0.25, -0.2) is 4.39 Å². The largest absolute Gasteiger partial charge is 0.394 e. The monoisotopic (exact) mass is 160 g/mol. The van der Waals surface area contributed by atoms with Crippen molar-refractivity contribution in [1.29, 1.82) is 0 Å². The minimum absolute atomic E-state index is 0.345. The third-order valence-corrected chi connectivity index (χ3v) is 2.90. The first-order chi connectivity index (χ1) is 5.65. The number of aliphatic hydroxyl groups is 1. The fraction of sp³-hybridized carbons (Fsp3) is 1.00. The van der Waals surface area contributed by atoms with Crippen LogP contribution in [0.1, 0.15) is 20.6 Å². The van der Waals surface area contributed by atoms with Gasteiger partial charge in [0.05, 0.1) is 7.95 Å². The van der Waals surface area contributed by atoms with Crippen molar-refractivity contribution < 1.29 is 10.9 Å². The Morgan fingerprint density at radius 1 is 1.82 bits per heavy atom. The molecule has 0 unspecified atom stereocenters. The minimum Gasteiger partial charge on any atom is -0.394 e. The molecule has 2 fully saturated rings. The molecule has 0 saturated carbocycles. The van der Waals surface area contributed by atoms with Crippen molar-refractivity contribution in [2.45, 2.75) is 31.0 Å². The van der Waals surface area contributed by atoms with Crippen molar-refractivity contribution in [1.82, 2.24) is 4.90 Å². The highest BCUT2D eigenvalue weighted by molar-refractivity contribution is 5.03. The Hall–Kier alpha value is -0.150. The molecule has 1 N–H and O–H groups in total. The Balaban J connectivity index is 2.20. The predicted octanol–water partition coefficient (Wildman–Crippen LogP) is 0.555. The van der Waals surface area contributed by atoms with Gasteiger partial charge in [0.1, 0.15) is 6.17 Å². The summed E-state index contributed by atoms with van der Waals surface area (Å²) in [5.74, 6) is 0. The minimum atomic E-state index is -1.14. The molecule has 2 rings (SSSR count). The van der Waals surface area contributed by atoms with E-state index in [9.17, 15) is 9.50 Å². The Labute approximate surface area is 67.4 Å². The van der Waals surface area contributed by atoms with Crippen molar-refractivity contribution in [3.63, 3.8) is 0 Å². The molecule has 0 aromatic rings. The predicted molar refractivity (Wildman–Crippen MR) is 40.1 cm³/mol. The van der Waals surface area contributed by atoms with Crippen LogP contribution in [0.3, 0.4) is 0 Å². The van der Waals surface area contributed by atoms with Gasteiger partial charge in [0.2, 0.25) is 0 Å². The van der Waals surface area contributed by atoms with Crippen LogP contribution in [0, 0.1) is 0 Å². The Morgan fingerprint density at radius 3 is 3.27 bits per heavy atom. The van der Waals surface area contributed by atoms with Crippen molar-refractivity contribution in [2.24, 2.45) is 0 Å². The summed E-state index contributed by atoms with van der Waals surface area (Å²) in [5, 5.41) is 9.29. The van der Waals surface area contributed by atoms with Crippen LogP contribution in [0.5, 0.6) is 0 Å². The third-order valence-electron chi connectivity index (χ3n) is 2.90. The van der Waals surface area contributed by atoms with E-state index in [0.717, 1.165) is 19.4 Å². The second kappa shape index (κ2) is 2.42. The summed E-state index contributed by atoms with van der Waals surface area (Å²) in [7, 11) is 0. The van der Waals surface area contributed by atoms with Crippen LogP contribution in [-0.4, -0.2) is 41.4 Å². The summed E-state index contributed by atoms with van der Waals surface area (Å²) < 4.78 is 20.3. The standard InChI is InChI=1S/C8H14FNO/c9-7-4-8(6-11)2-1-3-10(8)5-7/h7,11H,1-6H2/t7-,8+/m1/s1/i6D/t6-,7+,8-/m0. The van der Waals surface area contributed by atoms with E-state index in [1.54, 1.807) is 0 Å². The Morgan fingerprint density at radius 2 is 2.64 bits per heavy atom. The molecule has 0 aromatic heterocycles. The van der Waals surface area contributed by atoms with Gasteiger partial charge < -0.3 is 5.11 Å². The number of halogens is 1. The quantitative estimate of drug-likeness (QED) is 0.605. The first-order valence-corrected chi connectivity index (χ1v) is 4.14. The van der Waals surface area contributed by atoms with Crippen molar-refractivity contribution in [2.75, 3.05) is 19.7 Å². The highest BCUT2D eigenvalue weighted by atomic mass is 19.1. The lowest BCUT2D eigenvalue weighted by atomic mass is 9.95. The van der Waals surface area contributed by atoms with E-state index in [4.69, 9.17) is 1.37 Å². The molecule has 11 heavy (non-hydrogen) atoms. The average molecular weight is 160 g/mol. The molecule has 0 amide bonds. The van der Waals surface area contributed by atoms with Gasteiger partial charge in [-0.1, -0.05) is 0 Å². The Bertz CT molecular complexity index is 190. The maximum atomic E-state index is 13.0. The number of alkyl halides is 1. The van der Waals surface area contributed by atoms with E-state index in [0.29, 0.717) is 13.0 Å². The topological polar surface area (TPSA) is 23.5 Å². The highest BCUT2D eigenvalue weighted by Crippen LogP contribution is 2.39. The number of hydrogen-bond donors (Lipinski definition) is 1. The number of hydrogen-bond acceptors (Lipinski definition) is 2. The smallest absolute Gasteiger partial charge is 0.115 e. The fourth-order valence-corrected chi connectivity index (χ4v) is 2.35. The van der Waals surface area contributed by atoms with Gasteiger partial charge in [-0.2, -0.15) is 0 Å². The van der Waals surface area contributed by atoms with Gasteiger partial charge in [0.15, 0.2) is 0 Å². The normalized spacial score (nSPS) is 48.9. The van der Waals surface area contributed by atoms with E-state index in [-0.39, 0.29) is 0 Å². The van der Waals surface area contributed by atoms with Crippen LogP contribution in [0.15, 0.2) is 0 Å². The lowest BCUT2D eigenvalue weighted by Gasteiger charge is -2.28. The molecule has 3 atom stereocenters. The van der Waals surface area contributed by atoms with Crippen LogP contribution in [0.25, 0.3) is 0 Å². The molecule has 0 aliphatic carbocycles. The first kappa shape index (κ1) is 6.38. The van der Waals surface area contributed by atoms with E-state index in [1.807, 2.05) is 4.90 Å². The molecular formula is C8H14FNO.